The van der Waals surface area contributed by atoms with Crippen molar-refractivity contribution < 1.29 is 9.16 Å². The standard InChI is InChI=1S/C13H20O2Si/c1-11(12-9-7-6-8-10-12)13(14-2)15-16(3,4)5/h6-10H,1-5H3. The van der Waals surface area contributed by atoms with Gasteiger partial charge in [0.25, 0.3) is 5.95 Å². The predicted molar refractivity (Wildman–Crippen MR) is 70.5 cm³/mol. The van der Waals surface area contributed by atoms with Crippen molar-refractivity contribution in [3.63, 3.8) is 0 Å². The molecule has 0 bridgehead atoms. The first-order chi connectivity index (χ1) is 7.44. The summed E-state index contributed by atoms with van der Waals surface area (Å²) in [6.07, 6.45) is 0. The van der Waals surface area contributed by atoms with Crippen molar-refractivity contribution in [1.29, 1.82) is 0 Å². The molecule has 0 N–H and O–H groups in total. The Morgan fingerprint density at radius 3 is 2.06 bits per heavy atom. The molecule has 0 radical (unpaired) electrons. The summed E-state index contributed by atoms with van der Waals surface area (Å²) < 4.78 is 11.2. The largest absolute Gasteiger partial charge is 0.520 e. The van der Waals surface area contributed by atoms with Gasteiger partial charge >= 0.3 is 0 Å². The summed E-state index contributed by atoms with van der Waals surface area (Å²) in [5.74, 6) is 0.644. The van der Waals surface area contributed by atoms with Crippen molar-refractivity contribution in [2.24, 2.45) is 0 Å². The highest BCUT2D eigenvalue weighted by Gasteiger charge is 2.20. The van der Waals surface area contributed by atoms with Crippen LogP contribution in [0.3, 0.4) is 0 Å². The summed E-state index contributed by atoms with van der Waals surface area (Å²) in [4.78, 5) is 0. The number of allylic oxidation sites excluding steroid dienone is 1. The SMILES string of the molecule is COC(O[Si](C)(C)C)=C(C)c1ccccc1. The Morgan fingerprint density at radius 2 is 1.62 bits per heavy atom. The fourth-order valence-corrected chi connectivity index (χ4v) is 2.15. The van der Waals surface area contributed by atoms with Gasteiger partial charge in [0.2, 0.25) is 8.32 Å². The molecule has 0 fully saturated rings. The maximum Gasteiger partial charge on any atom is 0.268 e. The zero-order valence-corrected chi connectivity index (χ0v) is 11.7. The lowest BCUT2D eigenvalue weighted by molar-refractivity contribution is 0.149. The van der Waals surface area contributed by atoms with Crippen LogP contribution >= 0.6 is 0 Å². The lowest BCUT2D eigenvalue weighted by atomic mass is 10.1. The van der Waals surface area contributed by atoms with Gasteiger partial charge in [0.1, 0.15) is 0 Å². The van der Waals surface area contributed by atoms with Crippen LogP contribution in [0.2, 0.25) is 19.6 Å². The minimum Gasteiger partial charge on any atom is -0.520 e. The quantitative estimate of drug-likeness (QED) is 0.583. The van der Waals surface area contributed by atoms with Crippen LogP contribution in [0, 0.1) is 0 Å². The van der Waals surface area contributed by atoms with Gasteiger partial charge in [-0.05, 0) is 32.1 Å². The maximum atomic E-state index is 5.90. The number of benzene rings is 1. The van der Waals surface area contributed by atoms with Gasteiger partial charge in [-0.1, -0.05) is 30.3 Å². The predicted octanol–water partition coefficient (Wildman–Crippen LogP) is 3.87. The van der Waals surface area contributed by atoms with Crippen molar-refractivity contribution in [1.82, 2.24) is 0 Å². The van der Waals surface area contributed by atoms with E-state index in [0.29, 0.717) is 5.95 Å². The highest BCUT2D eigenvalue weighted by atomic mass is 28.4. The molecule has 2 nitrogen and oxygen atoms in total. The monoisotopic (exact) mass is 236 g/mol. The molecule has 88 valence electrons. The van der Waals surface area contributed by atoms with Gasteiger partial charge in [0.05, 0.1) is 7.11 Å². The van der Waals surface area contributed by atoms with Crippen LogP contribution in [0.4, 0.5) is 0 Å². The summed E-state index contributed by atoms with van der Waals surface area (Å²) >= 11 is 0. The summed E-state index contributed by atoms with van der Waals surface area (Å²) in [7, 11) is 0.0349. The average Bonchev–Trinajstić information content (AvgIpc) is 2.25. The van der Waals surface area contributed by atoms with E-state index in [1.54, 1.807) is 7.11 Å². The zero-order valence-electron chi connectivity index (χ0n) is 10.7. The molecule has 0 amide bonds. The van der Waals surface area contributed by atoms with Gasteiger partial charge in [-0.25, -0.2) is 0 Å². The third-order valence-corrected chi connectivity index (χ3v) is 2.90. The number of methoxy groups -OCH3 is 1. The molecule has 1 aromatic carbocycles. The lowest BCUT2D eigenvalue weighted by Gasteiger charge is -2.22. The zero-order chi connectivity index (χ0) is 12.2. The van der Waals surface area contributed by atoms with Crippen molar-refractivity contribution in [3.05, 3.63) is 41.8 Å². The third kappa shape index (κ3) is 3.74. The summed E-state index contributed by atoms with van der Waals surface area (Å²) in [6.45, 7) is 8.45. The second-order valence-electron chi connectivity index (χ2n) is 4.70. The summed E-state index contributed by atoms with van der Waals surface area (Å²) in [5.41, 5.74) is 2.18. The van der Waals surface area contributed by atoms with Crippen LogP contribution in [-0.4, -0.2) is 15.4 Å². The van der Waals surface area contributed by atoms with E-state index in [9.17, 15) is 0 Å². The first-order valence-corrected chi connectivity index (χ1v) is 8.84. The second-order valence-corrected chi connectivity index (χ2v) is 9.13. The third-order valence-electron chi connectivity index (χ3n) is 2.10. The Hall–Kier alpha value is -1.22. The Balaban J connectivity index is 3.00. The number of hydrogen-bond acceptors (Lipinski definition) is 2. The maximum absolute atomic E-state index is 5.90. The molecule has 0 heterocycles. The molecule has 0 aliphatic heterocycles. The van der Waals surface area contributed by atoms with Crippen molar-refractivity contribution >= 4 is 13.9 Å². The Labute approximate surface area is 99.0 Å². The average molecular weight is 236 g/mol. The lowest BCUT2D eigenvalue weighted by Crippen LogP contribution is -2.25. The topological polar surface area (TPSA) is 18.5 Å². The van der Waals surface area contributed by atoms with Gasteiger partial charge in [0, 0.05) is 5.57 Å². The first kappa shape index (κ1) is 12.8. The highest BCUT2D eigenvalue weighted by Crippen LogP contribution is 2.22. The fourth-order valence-electron chi connectivity index (χ4n) is 1.36. The van der Waals surface area contributed by atoms with Gasteiger partial charge in [-0.3, -0.25) is 0 Å². The van der Waals surface area contributed by atoms with E-state index in [0.717, 1.165) is 11.1 Å². The smallest absolute Gasteiger partial charge is 0.268 e. The van der Waals surface area contributed by atoms with Crippen LogP contribution < -0.4 is 0 Å². The number of hydrogen-bond donors (Lipinski definition) is 0. The first-order valence-electron chi connectivity index (χ1n) is 5.43. The molecule has 0 saturated heterocycles. The number of rotatable bonds is 4. The molecule has 1 rings (SSSR count). The Kier molecular flexibility index (Phi) is 4.18. The van der Waals surface area contributed by atoms with E-state index in [2.05, 4.69) is 31.8 Å². The normalized spacial score (nSPS) is 13.1. The fraction of sp³-hybridized carbons (Fsp3) is 0.385. The van der Waals surface area contributed by atoms with Crippen molar-refractivity contribution in [3.8, 4) is 0 Å². The molecule has 1 aromatic rings. The van der Waals surface area contributed by atoms with E-state index < -0.39 is 8.32 Å². The van der Waals surface area contributed by atoms with Crippen LogP contribution in [-0.2, 0) is 9.16 Å². The molecular formula is C13H20O2Si. The van der Waals surface area contributed by atoms with Crippen LogP contribution in [0.5, 0.6) is 0 Å². The molecule has 0 aliphatic rings. The molecular weight excluding hydrogens is 216 g/mol. The minimum atomic E-state index is -1.62. The van der Waals surface area contributed by atoms with E-state index in [-0.39, 0.29) is 0 Å². The molecule has 0 saturated carbocycles. The molecule has 0 aromatic heterocycles. The summed E-state index contributed by atoms with van der Waals surface area (Å²) in [5, 5.41) is 0. The van der Waals surface area contributed by atoms with E-state index in [1.165, 1.54) is 0 Å². The molecule has 0 spiro atoms. The van der Waals surface area contributed by atoms with Gasteiger partial charge in [-0.2, -0.15) is 0 Å². The van der Waals surface area contributed by atoms with E-state index in [1.807, 2.05) is 25.1 Å². The van der Waals surface area contributed by atoms with E-state index >= 15 is 0 Å². The number of ether oxygens (including phenoxy) is 1. The van der Waals surface area contributed by atoms with Crippen LogP contribution in [0.25, 0.3) is 5.57 Å². The van der Waals surface area contributed by atoms with Crippen molar-refractivity contribution in [2.75, 3.05) is 7.11 Å². The molecule has 0 unspecified atom stereocenters. The highest BCUT2D eigenvalue weighted by molar-refractivity contribution is 6.70. The molecule has 0 atom stereocenters. The minimum absolute atomic E-state index is 0.644. The van der Waals surface area contributed by atoms with E-state index in [4.69, 9.17) is 9.16 Å². The molecule has 16 heavy (non-hydrogen) atoms. The molecule has 3 heteroatoms. The second kappa shape index (κ2) is 5.21. The van der Waals surface area contributed by atoms with Gasteiger partial charge in [0.15, 0.2) is 0 Å². The summed E-state index contributed by atoms with van der Waals surface area (Å²) in [6, 6.07) is 10.1. The molecule has 0 aliphatic carbocycles. The van der Waals surface area contributed by atoms with Gasteiger partial charge in [-0.15, -0.1) is 0 Å². The Bertz CT molecular complexity index is 363. The van der Waals surface area contributed by atoms with Crippen molar-refractivity contribution in [2.45, 2.75) is 26.6 Å². The van der Waals surface area contributed by atoms with Crippen LogP contribution in [0.15, 0.2) is 36.3 Å². The van der Waals surface area contributed by atoms with Gasteiger partial charge < -0.3 is 9.16 Å². The Morgan fingerprint density at radius 1 is 1.06 bits per heavy atom. The van der Waals surface area contributed by atoms with Crippen LogP contribution in [0.1, 0.15) is 12.5 Å².